The molecule has 0 fully saturated rings. The highest BCUT2D eigenvalue weighted by molar-refractivity contribution is 7.99. The van der Waals surface area contributed by atoms with Crippen LogP contribution in [-0.2, 0) is 9.59 Å². The third-order valence-electron chi connectivity index (χ3n) is 1.41. The lowest BCUT2D eigenvalue weighted by molar-refractivity contribution is -0.140. The Morgan fingerprint density at radius 1 is 1.50 bits per heavy atom. The van der Waals surface area contributed by atoms with Crippen LogP contribution >= 0.6 is 11.8 Å². The molecule has 0 saturated heterocycles. The number of aliphatic carboxylic acids is 1. The lowest BCUT2D eigenvalue weighted by Crippen LogP contribution is -2.41. The van der Waals surface area contributed by atoms with E-state index in [1.165, 1.54) is 18.7 Å². The molecular formula is C8H15NO4S. The van der Waals surface area contributed by atoms with Crippen molar-refractivity contribution in [1.29, 1.82) is 0 Å². The summed E-state index contributed by atoms with van der Waals surface area (Å²) in [5.74, 6) is -0.355. The van der Waals surface area contributed by atoms with Crippen LogP contribution in [0.4, 0.5) is 0 Å². The third kappa shape index (κ3) is 6.73. The first-order valence-corrected chi connectivity index (χ1v) is 5.42. The zero-order valence-corrected chi connectivity index (χ0v) is 8.84. The van der Waals surface area contributed by atoms with Gasteiger partial charge in [-0.3, -0.25) is 4.79 Å². The molecule has 0 saturated carbocycles. The van der Waals surface area contributed by atoms with E-state index in [-0.39, 0.29) is 12.5 Å². The second-order valence-electron chi connectivity index (χ2n) is 2.74. The molecule has 0 aliphatic rings. The summed E-state index contributed by atoms with van der Waals surface area (Å²) >= 11 is 1.40. The van der Waals surface area contributed by atoms with Crippen molar-refractivity contribution in [3.63, 3.8) is 0 Å². The number of carbonyl (C=O) groups excluding carboxylic acids is 1. The van der Waals surface area contributed by atoms with E-state index in [1.807, 2.05) is 0 Å². The van der Waals surface area contributed by atoms with Crippen LogP contribution in [0.1, 0.15) is 13.3 Å². The van der Waals surface area contributed by atoms with E-state index in [0.29, 0.717) is 17.9 Å². The minimum Gasteiger partial charge on any atom is -0.480 e. The van der Waals surface area contributed by atoms with E-state index < -0.39 is 12.0 Å². The van der Waals surface area contributed by atoms with Gasteiger partial charge in [-0.2, -0.15) is 11.8 Å². The standard InChI is InChI=1S/C8H15NO4S/c1-6(11)9-7(8(12)13)5-14-4-2-3-10/h7,10H,2-5H2,1H3,(H,9,11)(H,12,13)/t7-/m0/s1. The molecule has 0 bridgehead atoms. The van der Waals surface area contributed by atoms with E-state index >= 15 is 0 Å². The monoisotopic (exact) mass is 221 g/mol. The molecule has 3 N–H and O–H groups in total. The molecule has 82 valence electrons. The lowest BCUT2D eigenvalue weighted by Gasteiger charge is -2.12. The highest BCUT2D eigenvalue weighted by atomic mass is 32.2. The van der Waals surface area contributed by atoms with Gasteiger partial charge in [-0.1, -0.05) is 0 Å². The highest BCUT2D eigenvalue weighted by Crippen LogP contribution is 2.04. The van der Waals surface area contributed by atoms with Crippen molar-refractivity contribution < 1.29 is 19.8 Å². The zero-order chi connectivity index (χ0) is 11.0. The van der Waals surface area contributed by atoms with Gasteiger partial charge in [-0.25, -0.2) is 4.79 Å². The Morgan fingerprint density at radius 3 is 2.57 bits per heavy atom. The van der Waals surface area contributed by atoms with Crippen LogP contribution in [0.15, 0.2) is 0 Å². The number of carboxylic acid groups (broad SMARTS) is 1. The third-order valence-corrected chi connectivity index (χ3v) is 2.55. The summed E-state index contributed by atoms with van der Waals surface area (Å²) in [6.07, 6.45) is 0.636. The molecule has 0 heterocycles. The van der Waals surface area contributed by atoms with Crippen LogP contribution in [0.5, 0.6) is 0 Å². The van der Waals surface area contributed by atoms with E-state index in [2.05, 4.69) is 5.32 Å². The smallest absolute Gasteiger partial charge is 0.327 e. The fraction of sp³-hybridized carbons (Fsp3) is 0.750. The number of nitrogens with one attached hydrogen (secondary N) is 1. The molecule has 0 aliphatic heterocycles. The molecule has 1 amide bonds. The van der Waals surface area contributed by atoms with Gasteiger partial charge in [-0.05, 0) is 12.2 Å². The Labute approximate surface area is 86.9 Å². The molecule has 14 heavy (non-hydrogen) atoms. The average molecular weight is 221 g/mol. The minimum atomic E-state index is -1.03. The number of hydrogen-bond acceptors (Lipinski definition) is 4. The predicted octanol–water partition coefficient (Wildman–Crippen LogP) is -0.309. The molecule has 0 aliphatic carbocycles. The van der Waals surface area contributed by atoms with Crippen molar-refractivity contribution in [3.05, 3.63) is 0 Å². The number of aliphatic hydroxyl groups excluding tert-OH is 1. The summed E-state index contributed by atoms with van der Waals surface area (Å²) in [5, 5.41) is 19.5. The van der Waals surface area contributed by atoms with Gasteiger partial charge in [0.15, 0.2) is 0 Å². The van der Waals surface area contributed by atoms with Crippen LogP contribution in [0.2, 0.25) is 0 Å². The van der Waals surface area contributed by atoms with Crippen LogP contribution in [-0.4, -0.2) is 46.2 Å². The van der Waals surface area contributed by atoms with Crippen LogP contribution in [0, 0.1) is 0 Å². The second-order valence-corrected chi connectivity index (χ2v) is 3.89. The second kappa shape index (κ2) is 7.64. The fourth-order valence-electron chi connectivity index (χ4n) is 0.788. The SMILES string of the molecule is CC(=O)N[C@@H](CSCCCO)C(=O)O. The first-order chi connectivity index (χ1) is 6.57. The number of thioether (sulfide) groups is 1. The van der Waals surface area contributed by atoms with Gasteiger partial charge in [0.05, 0.1) is 0 Å². The topological polar surface area (TPSA) is 86.6 Å². The maximum Gasteiger partial charge on any atom is 0.327 e. The van der Waals surface area contributed by atoms with Gasteiger partial charge in [0, 0.05) is 19.3 Å². The largest absolute Gasteiger partial charge is 0.480 e. The van der Waals surface area contributed by atoms with Crippen LogP contribution in [0.25, 0.3) is 0 Å². The number of aliphatic hydroxyl groups is 1. The molecule has 1 atom stereocenters. The van der Waals surface area contributed by atoms with Gasteiger partial charge in [0.2, 0.25) is 5.91 Å². The fourth-order valence-corrected chi connectivity index (χ4v) is 1.75. The number of amides is 1. The average Bonchev–Trinajstić information content (AvgIpc) is 2.09. The van der Waals surface area contributed by atoms with Crippen molar-refractivity contribution in [2.75, 3.05) is 18.1 Å². The van der Waals surface area contributed by atoms with Crippen LogP contribution < -0.4 is 5.32 Å². The van der Waals surface area contributed by atoms with Crippen molar-refractivity contribution in [2.24, 2.45) is 0 Å². The van der Waals surface area contributed by atoms with Crippen molar-refractivity contribution >= 4 is 23.6 Å². The highest BCUT2D eigenvalue weighted by Gasteiger charge is 2.17. The maximum absolute atomic E-state index is 10.6. The van der Waals surface area contributed by atoms with E-state index in [1.54, 1.807) is 0 Å². The molecule has 0 rings (SSSR count). The normalized spacial score (nSPS) is 12.1. The summed E-state index contributed by atoms with van der Waals surface area (Å²) < 4.78 is 0. The summed E-state index contributed by atoms with van der Waals surface area (Å²) in [6.45, 7) is 1.39. The Hall–Kier alpha value is -0.750. The molecule has 0 radical (unpaired) electrons. The predicted molar refractivity (Wildman–Crippen MR) is 54.3 cm³/mol. The van der Waals surface area contributed by atoms with Crippen molar-refractivity contribution in [1.82, 2.24) is 5.32 Å². The van der Waals surface area contributed by atoms with E-state index in [0.717, 1.165) is 0 Å². The lowest BCUT2D eigenvalue weighted by atomic mass is 10.3. The first kappa shape index (κ1) is 13.2. The van der Waals surface area contributed by atoms with Crippen molar-refractivity contribution in [2.45, 2.75) is 19.4 Å². The first-order valence-electron chi connectivity index (χ1n) is 4.26. The number of hydrogen-bond donors (Lipinski definition) is 3. The molecular weight excluding hydrogens is 206 g/mol. The molecule has 0 aromatic rings. The van der Waals surface area contributed by atoms with Crippen LogP contribution in [0.3, 0.4) is 0 Å². The quantitative estimate of drug-likeness (QED) is 0.513. The Bertz CT molecular complexity index is 198. The van der Waals surface area contributed by atoms with E-state index in [9.17, 15) is 9.59 Å². The molecule has 0 unspecified atom stereocenters. The molecule has 0 aromatic carbocycles. The Balaban J connectivity index is 3.74. The summed E-state index contributed by atoms with van der Waals surface area (Å²) in [7, 11) is 0. The maximum atomic E-state index is 10.6. The Morgan fingerprint density at radius 2 is 2.14 bits per heavy atom. The van der Waals surface area contributed by atoms with Gasteiger partial charge in [-0.15, -0.1) is 0 Å². The van der Waals surface area contributed by atoms with E-state index in [4.69, 9.17) is 10.2 Å². The summed E-state index contributed by atoms with van der Waals surface area (Å²) in [4.78, 5) is 21.2. The number of carboxylic acids is 1. The van der Waals surface area contributed by atoms with Gasteiger partial charge >= 0.3 is 5.97 Å². The van der Waals surface area contributed by atoms with Crippen molar-refractivity contribution in [3.8, 4) is 0 Å². The number of rotatable bonds is 7. The number of carbonyl (C=O) groups is 2. The van der Waals surface area contributed by atoms with Gasteiger partial charge < -0.3 is 15.5 Å². The molecule has 0 spiro atoms. The Kier molecular flexibility index (Phi) is 7.23. The molecule has 5 nitrogen and oxygen atoms in total. The van der Waals surface area contributed by atoms with Gasteiger partial charge in [0.25, 0.3) is 0 Å². The minimum absolute atomic E-state index is 0.102. The van der Waals surface area contributed by atoms with Gasteiger partial charge in [0.1, 0.15) is 6.04 Å². The zero-order valence-electron chi connectivity index (χ0n) is 8.02. The molecule has 6 heteroatoms. The summed E-state index contributed by atoms with van der Waals surface area (Å²) in [5.41, 5.74) is 0. The molecule has 0 aromatic heterocycles. The summed E-state index contributed by atoms with van der Waals surface area (Å²) in [6, 6.07) is -0.837.